The van der Waals surface area contributed by atoms with Crippen molar-refractivity contribution in [2.45, 2.75) is 22.8 Å². The first-order valence-corrected chi connectivity index (χ1v) is 10.5. The van der Waals surface area contributed by atoms with E-state index in [2.05, 4.69) is 4.72 Å². The molecule has 0 aliphatic carbocycles. The van der Waals surface area contributed by atoms with Crippen LogP contribution in [-0.2, 0) is 19.9 Å². The largest absolute Gasteiger partial charge is 0.244 e. The Balaban J connectivity index is 2.26. The number of nitrogens with one attached hydrogen (secondary N) is 1. The number of hydrogen-bond donors (Lipinski definition) is 1. The van der Waals surface area contributed by atoms with Gasteiger partial charge in [-0.25, -0.2) is 25.9 Å². The van der Waals surface area contributed by atoms with Crippen molar-refractivity contribution in [1.82, 2.24) is 4.72 Å². The minimum atomic E-state index is -4.10. The molecule has 0 aromatic heterocycles. The van der Waals surface area contributed by atoms with Gasteiger partial charge >= 0.3 is 0 Å². The lowest BCUT2D eigenvalue weighted by Gasteiger charge is -2.15. The number of sulfonamides is 1. The molecule has 0 saturated carbocycles. The summed E-state index contributed by atoms with van der Waals surface area (Å²) in [5, 5.41) is 0.0934. The fraction of sp³-hybridized carbons (Fsp3) is 0.200. The van der Waals surface area contributed by atoms with Crippen molar-refractivity contribution < 1.29 is 21.2 Å². The van der Waals surface area contributed by atoms with Crippen LogP contribution in [0.1, 0.15) is 18.5 Å². The molecule has 2 aromatic rings. The first kappa shape index (κ1) is 18.9. The lowest BCUT2D eigenvalue weighted by molar-refractivity contribution is 0.547. The quantitative estimate of drug-likeness (QED) is 0.849. The van der Waals surface area contributed by atoms with Gasteiger partial charge in [-0.1, -0.05) is 23.7 Å². The predicted octanol–water partition coefficient (Wildman–Crippen LogP) is 2.92. The maximum atomic E-state index is 13.8. The second kappa shape index (κ2) is 6.79. The summed E-state index contributed by atoms with van der Waals surface area (Å²) in [6.07, 6.45) is 1.08. The summed E-state index contributed by atoms with van der Waals surface area (Å²) >= 11 is 5.62. The minimum Gasteiger partial charge on any atom is -0.224 e. The fourth-order valence-electron chi connectivity index (χ4n) is 2.06. The van der Waals surface area contributed by atoms with Gasteiger partial charge < -0.3 is 0 Å². The summed E-state index contributed by atoms with van der Waals surface area (Å²) in [5.74, 6) is -0.949. The van der Waals surface area contributed by atoms with Gasteiger partial charge in [0.1, 0.15) is 10.7 Å². The molecule has 1 N–H and O–H groups in total. The highest BCUT2D eigenvalue weighted by molar-refractivity contribution is 7.90. The Morgan fingerprint density at radius 1 is 1.04 bits per heavy atom. The molecule has 0 amide bonds. The van der Waals surface area contributed by atoms with Crippen LogP contribution in [0.3, 0.4) is 0 Å². The lowest BCUT2D eigenvalue weighted by Crippen LogP contribution is -2.27. The van der Waals surface area contributed by atoms with Gasteiger partial charge in [-0.3, -0.25) is 0 Å². The van der Waals surface area contributed by atoms with Crippen molar-refractivity contribution in [2.24, 2.45) is 0 Å². The van der Waals surface area contributed by atoms with E-state index < -0.39 is 36.6 Å². The number of benzene rings is 2. The van der Waals surface area contributed by atoms with Crippen molar-refractivity contribution in [2.75, 3.05) is 6.26 Å². The molecule has 1 atom stereocenters. The van der Waals surface area contributed by atoms with Gasteiger partial charge in [0.05, 0.1) is 4.90 Å². The molecule has 9 heteroatoms. The molecule has 24 heavy (non-hydrogen) atoms. The van der Waals surface area contributed by atoms with Crippen molar-refractivity contribution in [3.63, 3.8) is 0 Å². The van der Waals surface area contributed by atoms with Crippen LogP contribution < -0.4 is 4.72 Å². The van der Waals surface area contributed by atoms with E-state index in [1.54, 1.807) is 6.92 Å². The summed E-state index contributed by atoms with van der Waals surface area (Å²) in [5.41, 5.74) is 0.542. The zero-order valence-corrected chi connectivity index (χ0v) is 15.2. The predicted molar refractivity (Wildman–Crippen MR) is 89.7 cm³/mol. The average Bonchev–Trinajstić information content (AvgIpc) is 2.45. The highest BCUT2D eigenvalue weighted by Gasteiger charge is 2.22. The Morgan fingerprint density at radius 3 is 2.12 bits per heavy atom. The van der Waals surface area contributed by atoms with Gasteiger partial charge in [0.15, 0.2) is 9.84 Å². The summed E-state index contributed by atoms with van der Waals surface area (Å²) < 4.78 is 63.6. The van der Waals surface area contributed by atoms with Crippen LogP contribution >= 0.6 is 11.6 Å². The first-order chi connectivity index (χ1) is 11.0. The second-order valence-corrected chi connectivity index (χ2v) is 9.39. The molecule has 0 spiro atoms. The molecule has 0 aliphatic rings. The SMILES string of the molecule is CC(NS(=O)(=O)c1ccc(Cl)cc1F)c1ccc(S(C)(=O)=O)cc1. The highest BCUT2D eigenvalue weighted by atomic mass is 35.5. The number of sulfone groups is 1. The Hall–Kier alpha value is -1.48. The van der Waals surface area contributed by atoms with Gasteiger partial charge in [-0.05, 0) is 42.8 Å². The molecule has 1 unspecified atom stereocenters. The van der Waals surface area contributed by atoms with E-state index in [9.17, 15) is 21.2 Å². The highest BCUT2D eigenvalue weighted by Crippen LogP contribution is 2.22. The third kappa shape index (κ3) is 4.32. The van der Waals surface area contributed by atoms with Crippen molar-refractivity contribution in [3.05, 3.63) is 58.9 Å². The zero-order chi connectivity index (χ0) is 18.1. The van der Waals surface area contributed by atoms with Crippen LogP contribution in [-0.4, -0.2) is 23.1 Å². The monoisotopic (exact) mass is 391 g/mol. The molecule has 130 valence electrons. The maximum Gasteiger partial charge on any atom is 0.244 e. The first-order valence-electron chi connectivity index (χ1n) is 6.78. The molecule has 0 fully saturated rings. The molecular formula is C15H15ClFNO4S2. The molecule has 0 heterocycles. The fourth-order valence-corrected chi connectivity index (χ4v) is 4.14. The average molecular weight is 392 g/mol. The van der Waals surface area contributed by atoms with E-state index in [0.29, 0.717) is 5.56 Å². The topological polar surface area (TPSA) is 80.3 Å². The van der Waals surface area contributed by atoms with Crippen LogP contribution in [0.5, 0.6) is 0 Å². The van der Waals surface area contributed by atoms with Crippen LogP contribution in [0.15, 0.2) is 52.3 Å². The van der Waals surface area contributed by atoms with E-state index in [0.717, 1.165) is 18.4 Å². The number of rotatable bonds is 5. The van der Waals surface area contributed by atoms with Crippen LogP contribution in [0.4, 0.5) is 4.39 Å². The van der Waals surface area contributed by atoms with E-state index in [1.165, 1.54) is 30.3 Å². The molecular weight excluding hydrogens is 377 g/mol. The molecule has 5 nitrogen and oxygen atoms in total. The smallest absolute Gasteiger partial charge is 0.224 e. The number of hydrogen-bond acceptors (Lipinski definition) is 4. The van der Waals surface area contributed by atoms with Gasteiger partial charge in [0.2, 0.25) is 10.0 Å². The van der Waals surface area contributed by atoms with E-state index in [4.69, 9.17) is 11.6 Å². The van der Waals surface area contributed by atoms with Crippen molar-refractivity contribution >= 4 is 31.5 Å². The Labute approximate surface area is 145 Å². The zero-order valence-electron chi connectivity index (χ0n) is 12.8. The standard InChI is InChI=1S/C15H15ClFNO4S2/c1-10(11-3-6-13(7-4-11)23(2,19)20)18-24(21,22)15-8-5-12(16)9-14(15)17/h3-10,18H,1-2H3. The minimum absolute atomic E-state index is 0.0934. The van der Waals surface area contributed by atoms with Gasteiger partial charge in [-0.2, -0.15) is 0 Å². The molecule has 0 bridgehead atoms. The van der Waals surface area contributed by atoms with E-state index >= 15 is 0 Å². The summed E-state index contributed by atoms with van der Waals surface area (Å²) in [6, 6.07) is 8.38. The van der Waals surface area contributed by atoms with E-state index in [1.807, 2.05) is 0 Å². The Kier molecular flexibility index (Phi) is 5.34. The maximum absolute atomic E-state index is 13.8. The third-order valence-corrected chi connectivity index (χ3v) is 6.26. The van der Waals surface area contributed by atoms with Gasteiger partial charge in [0.25, 0.3) is 0 Å². The molecule has 2 aromatic carbocycles. The molecule has 2 rings (SSSR count). The van der Waals surface area contributed by atoms with Crippen LogP contribution in [0.25, 0.3) is 0 Å². The molecule has 0 saturated heterocycles. The van der Waals surface area contributed by atoms with Crippen molar-refractivity contribution in [3.8, 4) is 0 Å². The summed E-state index contributed by atoms with van der Waals surface area (Å²) in [7, 11) is -7.43. The number of halogens is 2. The molecule has 0 radical (unpaired) electrons. The van der Waals surface area contributed by atoms with Crippen molar-refractivity contribution in [1.29, 1.82) is 0 Å². The molecule has 0 aliphatic heterocycles. The third-order valence-electron chi connectivity index (χ3n) is 3.32. The second-order valence-electron chi connectivity index (χ2n) is 5.26. The van der Waals surface area contributed by atoms with Gasteiger partial charge in [-0.15, -0.1) is 0 Å². The summed E-state index contributed by atoms with van der Waals surface area (Å²) in [6.45, 7) is 1.57. The Morgan fingerprint density at radius 2 is 1.62 bits per heavy atom. The van der Waals surface area contributed by atoms with E-state index in [-0.39, 0.29) is 9.92 Å². The van der Waals surface area contributed by atoms with Crippen LogP contribution in [0, 0.1) is 5.82 Å². The summed E-state index contributed by atoms with van der Waals surface area (Å²) in [4.78, 5) is -0.378. The Bertz CT molecular complexity index is 957. The normalized spacial score (nSPS) is 13.7. The van der Waals surface area contributed by atoms with Crippen LogP contribution in [0.2, 0.25) is 5.02 Å². The lowest BCUT2D eigenvalue weighted by atomic mass is 10.1. The van der Waals surface area contributed by atoms with Gasteiger partial charge in [0, 0.05) is 17.3 Å².